The Hall–Kier alpha value is -0.650. The van der Waals surface area contributed by atoms with Gasteiger partial charge in [-0.3, -0.25) is 4.79 Å². The smallest absolute Gasteiger partial charge is 0.242 e. The maximum atomic E-state index is 12.9. The van der Waals surface area contributed by atoms with Crippen molar-refractivity contribution in [1.29, 1.82) is 0 Å². The minimum absolute atomic E-state index is 0.117. The first-order valence-corrected chi connectivity index (χ1v) is 8.49. The van der Waals surface area contributed by atoms with Crippen molar-refractivity contribution < 1.29 is 14.3 Å². The topological polar surface area (TPSA) is 64.8 Å². The quantitative estimate of drug-likeness (QED) is 0.834. The van der Waals surface area contributed by atoms with Crippen LogP contribution in [0.4, 0.5) is 0 Å². The van der Waals surface area contributed by atoms with Gasteiger partial charge in [-0.05, 0) is 38.5 Å². The molecule has 3 fully saturated rings. The minimum Gasteiger partial charge on any atom is -0.376 e. The van der Waals surface area contributed by atoms with Crippen LogP contribution in [0.5, 0.6) is 0 Å². The number of ether oxygens (including phenoxy) is 2. The summed E-state index contributed by atoms with van der Waals surface area (Å²) in [5, 5.41) is 0. The molecule has 3 rings (SSSR count). The van der Waals surface area contributed by atoms with E-state index in [0.717, 1.165) is 64.6 Å². The third-order valence-electron chi connectivity index (χ3n) is 5.10. The van der Waals surface area contributed by atoms with Gasteiger partial charge in [0.15, 0.2) is 0 Å². The number of rotatable bonds is 5. The van der Waals surface area contributed by atoms with Crippen LogP contribution in [-0.2, 0) is 14.3 Å². The second-order valence-corrected chi connectivity index (χ2v) is 6.84. The summed E-state index contributed by atoms with van der Waals surface area (Å²) in [4.78, 5) is 14.9. The van der Waals surface area contributed by atoms with E-state index in [1.807, 2.05) is 4.90 Å². The molecule has 2 atom stereocenters. The SMILES string of the molecule is NC1(C(=O)N(CC2CCCO2)CC2CCCO2)CCCC1. The van der Waals surface area contributed by atoms with Gasteiger partial charge in [-0.1, -0.05) is 12.8 Å². The van der Waals surface area contributed by atoms with Gasteiger partial charge in [0, 0.05) is 26.3 Å². The Morgan fingerprint density at radius 1 is 1.00 bits per heavy atom. The lowest BCUT2D eigenvalue weighted by Crippen LogP contribution is -2.56. The average Bonchev–Trinajstić information content (AvgIpc) is 3.20. The first-order chi connectivity index (χ1) is 10.2. The second-order valence-electron chi connectivity index (χ2n) is 6.84. The van der Waals surface area contributed by atoms with Crippen molar-refractivity contribution >= 4 is 5.91 Å². The molecule has 0 spiro atoms. The van der Waals surface area contributed by atoms with Crippen LogP contribution in [0.25, 0.3) is 0 Å². The van der Waals surface area contributed by atoms with Crippen LogP contribution in [0, 0.1) is 0 Å². The molecule has 2 unspecified atom stereocenters. The summed E-state index contributed by atoms with van der Waals surface area (Å²) >= 11 is 0. The highest BCUT2D eigenvalue weighted by atomic mass is 16.5. The lowest BCUT2D eigenvalue weighted by molar-refractivity contribution is -0.140. The summed E-state index contributed by atoms with van der Waals surface area (Å²) in [7, 11) is 0. The molecule has 0 bridgehead atoms. The number of hydrogen-bond donors (Lipinski definition) is 1. The van der Waals surface area contributed by atoms with Gasteiger partial charge >= 0.3 is 0 Å². The van der Waals surface area contributed by atoms with Crippen LogP contribution in [0.3, 0.4) is 0 Å². The third kappa shape index (κ3) is 3.58. The Bertz CT molecular complexity index is 339. The van der Waals surface area contributed by atoms with Crippen molar-refractivity contribution in [2.75, 3.05) is 26.3 Å². The molecule has 5 nitrogen and oxygen atoms in total. The summed E-state index contributed by atoms with van der Waals surface area (Å²) in [6.07, 6.45) is 8.42. The maximum Gasteiger partial charge on any atom is 0.242 e. The number of carbonyl (C=O) groups excluding carboxylic acids is 1. The fourth-order valence-corrected chi connectivity index (χ4v) is 3.84. The molecule has 2 heterocycles. The van der Waals surface area contributed by atoms with E-state index >= 15 is 0 Å². The molecule has 1 amide bonds. The van der Waals surface area contributed by atoms with Crippen LogP contribution < -0.4 is 5.73 Å². The van der Waals surface area contributed by atoms with Crippen molar-refractivity contribution in [1.82, 2.24) is 4.90 Å². The van der Waals surface area contributed by atoms with Gasteiger partial charge in [0.05, 0.1) is 17.7 Å². The highest BCUT2D eigenvalue weighted by Crippen LogP contribution is 2.30. The second kappa shape index (κ2) is 6.63. The average molecular weight is 296 g/mol. The van der Waals surface area contributed by atoms with Crippen LogP contribution in [0.1, 0.15) is 51.4 Å². The predicted molar refractivity (Wildman–Crippen MR) is 79.9 cm³/mol. The van der Waals surface area contributed by atoms with Crippen molar-refractivity contribution in [2.45, 2.75) is 69.1 Å². The van der Waals surface area contributed by atoms with Gasteiger partial charge in [0.25, 0.3) is 0 Å². The first-order valence-electron chi connectivity index (χ1n) is 8.49. The van der Waals surface area contributed by atoms with E-state index < -0.39 is 5.54 Å². The molecule has 0 aromatic carbocycles. The zero-order valence-electron chi connectivity index (χ0n) is 12.9. The molecular formula is C16H28N2O3. The van der Waals surface area contributed by atoms with Gasteiger partial charge in [0.2, 0.25) is 5.91 Å². The molecule has 5 heteroatoms. The zero-order valence-corrected chi connectivity index (χ0v) is 12.9. The molecule has 1 saturated carbocycles. The Labute approximate surface area is 127 Å². The molecule has 21 heavy (non-hydrogen) atoms. The molecule has 2 saturated heterocycles. The normalized spacial score (nSPS) is 31.7. The Kier molecular flexibility index (Phi) is 4.82. The van der Waals surface area contributed by atoms with Crippen LogP contribution in [0.2, 0.25) is 0 Å². The Morgan fingerprint density at radius 2 is 1.52 bits per heavy atom. The van der Waals surface area contributed by atoms with E-state index in [0.29, 0.717) is 13.1 Å². The van der Waals surface area contributed by atoms with Gasteiger partial charge in [-0.15, -0.1) is 0 Å². The number of carbonyl (C=O) groups is 1. The predicted octanol–water partition coefficient (Wildman–Crippen LogP) is 1.44. The fourth-order valence-electron chi connectivity index (χ4n) is 3.84. The van der Waals surface area contributed by atoms with Crippen molar-refractivity contribution in [3.05, 3.63) is 0 Å². The molecule has 0 aromatic heterocycles. The number of hydrogen-bond acceptors (Lipinski definition) is 4. The summed E-state index contributed by atoms with van der Waals surface area (Å²) in [5.41, 5.74) is 5.74. The molecule has 0 radical (unpaired) electrons. The minimum atomic E-state index is -0.642. The standard InChI is InChI=1S/C16H28N2O3/c17-16(7-1-2-8-16)15(19)18(11-13-5-3-9-20-13)12-14-6-4-10-21-14/h13-14H,1-12,17H2. The maximum absolute atomic E-state index is 12.9. The zero-order chi connectivity index (χ0) is 14.7. The summed E-state index contributed by atoms with van der Waals surface area (Å²) in [5.74, 6) is 0.117. The number of nitrogens with two attached hydrogens (primary N) is 1. The van der Waals surface area contributed by atoms with Crippen molar-refractivity contribution in [2.24, 2.45) is 5.73 Å². The molecule has 0 aromatic rings. The summed E-state index contributed by atoms with van der Waals surface area (Å²) < 4.78 is 11.4. The van der Waals surface area contributed by atoms with Gasteiger partial charge in [0.1, 0.15) is 0 Å². The van der Waals surface area contributed by atoms with Crippen molar-refractivity contribution in [3.8, 4) is 0 Å². The van der Waals surface area contributed by atoms with E-state index in [2.05, 4.69) is 0 Å². The molecule has 1 aliphatic carbocycles. The highest BCUT2D eigenvalue weighted by Gasteiger charge is 2.41. The Morgan fingerprint density at radius 3 is 1.95 bits per heavy atom. The third-order valence-corrected chi connectivity index (χ3v) is 5.10. The van der Waals surface area contributed by atoms with Gasteiger partial charge < -0.3 is 20.1 Å². The fraction of sp³-hybridized carbons (Fsp3) is 0.938. The molecule has 3 aliphatic rings. The molecular weight excluding hydrogens is 268 g/mol. The van der Waals surface area contributed by atoms with E-state index in [9.17, 15) is 4.79 Å². The number of nitrogens with zero attached hydrogens (tertiary/aromatic N) is 1. The molecule has 120 valence electrons. The highest BCUT2D eigenvalue weighted by molar-refractivity contribution is 5.86. The van der Waals surface area contributed by atoms with Crippen LogP contribution >= 0.6 is 0 Å². The summed E-state index contributed by atoms with van der Waals surface area (Å²) in [6.45, 7) is 3.00. The van der Waals surface area contributed by atoms with E-state index in [1.165, 1.54) is 0 Å². The van der Waals surface area contributed by atoms with Crippen LogP contribution in [-0.4, -0.2) is 54.9 Å². The van der Waals surface area contributed by atoms with Crippen LogP contribution in [0.15, 0.2) is 0 Å². The lowest BCUT2D eigenvalue weighted by Gasteiger charge is -2.34. The first kappa shape index (κ1) is 15.3. The summed E-state index contributed by atoms with van der Waals surface area (Å²) in [6, 6.07) is 0. The van der Waals surface area contributed by atoms with Crippen molar-refractivity contribution in [3.63, 3.8) is 0 Å². The van der Waals surface area contributed by atoms with E-state index in [1.54, 1.807) is 0 Å². The largest absolute Gasteiger partial charge is 0.376 e. The number of amides is 1. The van der Waals surface area contributed by atoms with Gasteiger partial charge in [-0.25, -0.2) is 0 Å². The molecule has 2 N–H and O–H groups in total. The molecule has 2 aliphatic heterocycles. The lowest BCUT2D eigenvalue weighted by atomic mass is 9.96. The van der Waals surface area contributed by atoms with E-state index in [-0.39, 0.29) is 18.1 Å². The Balaban J connectivity index is 1.65. The van der Waals surface area contributed by atoms with E-state index in [4.69, 9.17) is 15.2 Å². The monoisotopic (exact) mass is 296 g/mol. The van der Waals surface area contributed by atoms with Gasteiger partial charge in [-0.2, -0.15) is 0 Å².